The van der Waals surface area contributed by atoms with E-state index in [0.717, 1.165) is 11.1 Å². The molecular formula is C20H18N2O4S. The Morgan fingerprint density at radius 3 is 1.93 bits per heavy atom. The number of hydrogen-bond donors (Lipinski definition) is 4. The first-order chi connectivity index (χ1) is 12.9. The lowest BCUT2D eigenvalue weighted by Crippen LogP contribution is -2.06. The van der Waals surface area contributed by atoms with Gasteiger partial charge in [-0.05, 0) is 22.9 Å². The van der Waals surface area contributed by atoms with Gasteiger partial charge >= 0.3 is 0 Å². The molecule has 0 fully saturated rings. The summed E-state index contributed by atoms with van der Waals surface area (Å²) < 4.78 is 31.1. The molecule has 0 atom stereocenters. The normalized spacial score (nSPS) is 11.0. The van der Waals surface area contributed by atoms with Crippen LogP contribution in [0, 0.1) is 0 Å². The van der Waals surface area contributed by atoms with Gasteiger partial charge < -0.3 is 10.5 Å². The van der Waals surface area contributed by atoms with E-state index in [4.69, 9.17) is 10.4 Å². The highest BCUT2D eigenvalue weighted by Gasteiger charge is 2.18. The molecule has 0 heterocycles. The molecule has 4 rings (SSSR count). The maximum atomic E-state index is 11.1. The summed E-state index contributed by atoms with van der Waals surface area (Å²) in [6.45, 7) is 0. The zero-order chi connectivity index (χ0) is 19.4. The van der Waals surface area contributed by atoms with Gasteiger partial charge in [0.1, 0.15) is 10.6 Å². The lowest BCUT2D eigenvalue weighted by molar-refractivity contribution is 0.445. The fourth-order valence-electron chi connectivity index (χ4n) is 2.85. The fourth-order valence-corrected chi connectivity index (χ4v) is 3.65. The van der Waals surface area contributed by atoms with Crippen LogP contribution in [0.5, 0.6) is 5.75 Å². The maximum absolute atomic E-state index is 11.1. The summed E-state index contributed by atoms with van der Waals surface area (Å²) >= 11 is 0. The van der Waals surface area contributed by atoms with Crippen molar-refractivity contribution in [3.05, 3.63) is 78.9 Å². The van der Waals surface area contributed by atoms with Gasteiger partial charge in [0.2, 0.25) is 0 Å². The predicted molar refractivity (Wildman–Crippen MR) is 107 cm³/mol. The van der Waals surface area contributed by atoms with Gasteiger partial charge in [0.05, 0.1) is 5.69 Å². The molecule has 0 aromatic heterocycles. The molecule has 6 nitrogen and oxygen atoms in total. The molecule has 138 valence electrons. The number of aromatic hydroxyl groups is 1. The average Bonchev–Trinajstić information content (AvgIpc) is 2.67. The van der Waals surface area contributed by atoms with Gasteiger partial charge in [-0.2, -0.15) is 8.42 Å². The number of hydrogen-bond acceptors (Lipinski definition) is 5. The molecule has 4 aromatic carbocycles. The Balaban J connectivity index is 0.000000159. The summed E-state index contributed by atoms with van der Waals surface area (Å²) in [6.07, 6.45) is 0. The molecule has 0 aliphatic heterocycles. The molecule has 0 saturated heterocycles. The van der Waals surface area contributed by atoms with E-state index in [1.54, 1.807) is 24.3 Å². The first kappa shape index (κ1) is 18.7. The van der Waals surface area contributed by atoms with Gasteiger partial charge in [-0.15, -0.1) is 0 Å². The molecule has 0 spiro atoms. The lowest BCUT2D eigenvalue weighted by Gasteiger charge is -2.05. The summed E-state index contributed by atoms with van der Waals surface area (Å²) in [6, 6.07) is 23.6. The van der Waals surface area contributed by atoms with Gasteiger partial charge in [-0.25, -0.2) is 0 Å². The largest absolute Gasteiger partial charge is 0.506 e. The van der Waals surface area contributed by atoms with Gasteiger partial charge in [-0.1, -0.05) is 66.7 Å². The topological polar surface area (TPSA) is 113 Å². The zero-order valence-corrected chi connectivity index (χ0v) is 15.0. The first-order valence-electron chi connectivity index (χ1n) is 8.04. The van der Waals surface area contributed by atoms with Crippen molar-refractivity contribution in [2.45, 2.75) is 4.90 Å². The summed E-state index contributed by atoms with van der Waals surface area (Å²) in [7, 11) is -4.41. The average molecular weight is 382 g/mol. The fraction of sp³-hybridized carbons (Fsp3) is 0. The SMILES string of the molecule is NNc1cccc2ccccc12.O=S(=O)(O)c1c(O)ccc2ccccc12. The van der Waals surface area contributed by atoms with Gasteiger partial charge in [-0.3, -0.25) is 10.4 Å². The van der Waals surface area contributed by atoms with Gasteiger partial charge in [0.15, 0.2) is 0 Å². The van der Waals surface area contributed by atoms with Crippen molar-refractivity contribution in [3.8, 4) is 5.75 Å². The molecule has 5 N–H and O–H groups in total. The quantitative estimate of drug-likeness (QED) is 0.237. The van der Waals surface area contributed by atoms with E-state index in [1.165, 1.54) is 17.5 Å². The maximum Gasteiger partial charge on any atom is 0.298 e. The van der Waals surface area contributed by atoms with E-state index in [2.05, 4.69) is 17.6 Å². The third-order valence-corrected chi connectivity index (χ3v) is 5.01. The molecule has 0 aliphatic rings. The van der Waals surface area contributed by atoms with E-state index in [1.807, 2.05) is 30.3 Å². The highest BCUT2D eigenvalue weighted by atomic mass is 32.2. The minimum absolute atomic E-state index is 0.306. The van der Waals surface area contributed by atoms with E-state index in [-0.39, 0.29) is 0 Å². The van der Waals surface area contributed by atoms with E-state index in [9.17, 15) is 13.5 Å². The number of hydrazine groups is 1. The molecule has 0 amide bonds. The van der Waals surface area contributed by atoms with Crippen LogP contribution in [0.2, 0.25) is 0 Å². The second-order valence-corrected chi connectivity index (χ2v) is 7.14. The number of rotatable bonds is 2. The minimum atomic E-state index is -4.41. The molecule has 0 radical (unpaired) electrons. The molecule has 0 bridgehead atoms. The van der Waals surface area contributed by atoms with Crippen LogP contribution in [-0.4, -0.2) is 18.1 Å². The van der Waals surface area contributed by atoms with Crippen molar-refractivity contribution in [3.63, 3.8) is 0 Å². The summed E-state index contributed by atoms with van der Waals surface area (Å²) in [5.74, 6) is 4.92. The second-order valence-electron chi connectivity index (χ2n) is 5.78. The number of benzene rings is 4. The Kier molecular flexibility index (Phi) is 5.27. The number of nitrogens with one attached hydrogen (secondary N) is 1. The third kappa shape index (κ3) is 4.01. The van der Waals surface area contributed by atoms with Crippen LogP contribution < -0.4 is 11.3 Å². The van der Waals surface area contributed by atoms with Crippen LogP contribution in [0.25, 0.3) is 21.5 Å². The van der Waals surface area contributed by atoms with Crippen LogP contribution in [0.15, 0.2) is 83.8 Å². The standard InChI is InChI=1S/C10H10N2.C10H8O4S/c11-12-10-7-3-5-8-4-1-2-6-9(8)10;11-9-6-5-7-3-1-2-4-8(7)10(9)15(12,13)14/h1-7,12H,11H2;1-6,11H,(H,12,13,14). The highest BCUT2D eigenvalue weighted by Crippen LogP contribution is 2.30. The first-order valence-corrected chi connectivity index (χ1v) is 9.48. The number of nitrogens with two attached hydrogens (primary N) is 1. The van der Waals surface area contributed by atoms with E-state index >= 15 is 0 Å². The Morgan fingerprint density at radius 1 is 0.741 bits per heavy atom. The van der Waals surface area contributed by atoms with Crippen LogP contribution >= 0.6 is 0 Å². The van der Waals surface area contributed by atoms with E-state index in [0.29, 0.717) is 10.8 Å². The number of fused-ring (bicyclic) bond motifs is 2. The number of phenols is 1. The van der Waals surface area contributed by atoms with Crippen molar-refractivity contribution < 1.29 is 18.1 Å². The summed E-state index contributed by atoms with van der Waals surface area (Å²) in [5.41, 5.74) is 3.64. The van der Waals surface area contributed by atoms with Crippen molar-refractivity contribution in [1.82, 2.24) is 0 Å². The summed E-state index contributed by atoms with van der Waals surface area (Å²) in [4.78, 5) is -0.444. The zero-order valence-electron chi connectivity index (χ0n) is 14.2. The van der Waals surface area contributed by atoms with Crippen LogP contribution in [0.3, 0.4) is 0 Å². The Morgan fingerprint density at radius 2 is 1.30 bits per heavy atom. The molecular weight excluding hydrogens is 364 g/mol. The van der Waals surface area contributed by atoms with Gasteiger partial charge in [0, 0.05) is 10.8 Å². The predicted octanol–water partition coefficient (Wildman–Crippen LogP) is 3.92. The third-order valence-electron chi connectivity index (χ3n) is 4.06. The van der Waals surface area contributed by atoms with Gasteiger partial charge in [0.25, 0.3) is 10.1 Å². The van der Waals surface area contributed by atoms with Crippen LogP contribution in [0.4, 0.5) is 5.69 Å². The van der Waals surface area contributed by atoms with Crippen LogP contribution in [-0.2, 0) is 10.1 Å². The number of phenolic OH excluding ortho intramolecular Hbond substituents is 1. The molecule has 0 unspecified atom stereocenters. The van der Waals surface area contributed by atoms with Crippen molar-refractivity contribution in [2.75, 3.05) is 5.43 Å². The molecule has 0 saturated carbocycles. The monoisotopic (exact) mass is 382 g/mol. The van der Waals surface area contributed by atoms with Crippen molar-refractivity contribution in [1.29, 1.82) is 0 Å². The highest BCUT2D eigenvalue weighted by molar-refractivity contribution is 7.86. The number of nitrogen functional groups attached to an aromatic ring is 1. The molecule has 27 heavy (non-hydrogen) atoms. The lowest BCUT2D eigenvalue weighted by atomic mass is 10.1. The molecule has 4 aromatic rings. The Hall–Kier alpha value is -3.13. The van der Waals surface area contributed by atoms with E-state index < -0.39 is 20.8 Å². The second kappa shape index (κ2) is 7.63. The molecule has 0 aliphatic carbocycles. The molecule has 7 heteroatoms. The van der Waals surface area contributed by atoms with Crippen molar-refractivity contribution in [2.24, 2.45) is 5.84 Å². The van der Waals surface area contributed by atoms with Crippen LogP contribution in [0.1, 0.15) is 0 Å². The summed E-state index contributed by atoms with van der Waals surface area (Å²) in [5, 5.41) is 12.7. The minimum Gasteiger partial charge on any atom is -0.506 e. The smallest absolute Gasteiger partial charge is 0.298 e. The van der Waals surface area contributed by atoms with Crippen molar-refractivity contribution >= 4 is 37.4 Å². The number of anilines is 1. The Bertz CT molecular complexity index is 1200. The Labute approximate surface area is 156 Å².